The molecule has 100 valence electrons. The lowest BCUT2D eigenvalue weighted by atomic mass is 10.2. The molecule has 0 unspecified atom stereocenters. The van der Waals surface area contributed by atoms with Crippen molar-refractivity contribution in [3.63, 3.8) is 0 Å². The van der Waals surface area contributed by atoms with E-state index in [4.69, 9.17) is 51.1 Å². The Morgan fingerprint density at radius 2 is 1.11 bits per heavy atom. The molecule has 2 aromatic rings. The summed E-state index contributed by atoms with van der Waals surface area (Å²) in [6.45, 7) is 0. The zero-order valence-corrected chi connectivity index (χ0v) is 12.7. The molecular formula is C14H10Cl4O. The summed E-state index contributed by atoms with van der Waals surface area (Å²) >= 11 is 23.3. The Hall–Kier alpha value is -0.600. The van der Waals surface area contributed by atoms with E-state index in [1.165, 1.54) is 0 Å². The summed E-state index contributed by atoms with van der Waals surface area (Å²) in [4.78, 5) is -1.16. The van der Waals surface area contributed by atoms with Gasteiger partial charge in [0.1, 0.15) is 21.2 Å². The van der Waals surface area contributed by atoms with Crippen molar-refractivity contribution in [2.75, 3.05) is 0 Å². The molecule has 0 saturated heterocycles. The molecule has 19 heavy (non-hydrogen) atoms. The Morgan fingerprint density at radius 3 is 1.47 bits per heavy atom. The number of halogens is 4. The zero-order valence-electron chi connectivity index (χ0n) is 9.69. The Bertz CT molecular complexity index is 505. The molecule has 2 rings (SSSR count). The third-order valence-corrected chi connectivity index (χ3v) is 3.46. The van der Waals surface area contributed by atoms with Crippen molar-refractivity contribution in [2.24, 2.45) is 0 Å². The van der Waals surface area contributed by atoms with Crippen LogP contribution in [0.5, 0.6) is 11.5 Å². The van der Waals surface area contributed by atoms with Crippen LogP contribution in [-0.4, -0.2) is 0 Å². The first kappa shape index (κ1) is 14.8. The van der Waals surface area contributed by atoms with Crippen LogP contribution in [0.25, 0.3) is 0 Å². The molecule has 0 aliphatic rings. The average Bonchev–Trinajstić information content (AvgIpc) is 2.39. The van der Waals surface area contributed by atoms with Gasteiger partial charge >= 0.3 is 0 Å². The fourth-order valence-corrected chi connectivity index (χ4v) is 2.11. The smallest absolute Gasteiger partial charge is 0.132 e. The standard InChI is InChI=1S/C14H10Cl4O/c15-13(16)9-3-1-5-11(7-9)19-12-6-2-4-10(8-12)14(17)18/h1-8,13-14H. The largest absolute Gasteiger partial charge is 0.457 e. The summed E-state index contributed by atoms with van der Waals surface area (Å²) in [5.74, 6) is 1.31. The fourth-order valence-electron chi connectivity index (χ4n) is 1.56. The Morgan fingerprint density at radius 1 is 0.684 bits per heavy atom. The van der Waals surface area contributed by atoms with Gasteiger partial charge in [0.2, 0.25) is 0 Å². The van der Waals surface area contributed by atoms with Crippen molar-refractivity contribution in [1.82, 2.24) is 0 Å². The molecule has 0 spiro atoms. The van der Waals surface area contributed by atoms with Crippen molar-refractivity contribution in [3.8, 4) is 11.5 Å². The number of hydrogen-bond donors (Lipinski definition) is 0. The second kappa shape index (κ2) is 6.71. The van der Waals surface area contributed by atoms with Gasteiger partial charge in [0.15, 0.2) is 0 Å². The Balaban J connectivity index is 2.21. The van der Waals surface area contributed by atoms with Crippen LogP contribution in [0.3, 0.4) is 0 Å². The van der Waals surface area contributed by atoms with Gasteiger partial charge in [0.05, 0.1) is 0 Å². The molecule has 0 bridgehead atoms. The third-order valence-electron chi connectivity index (χ3n) is 2.46. The average molecular weight is 336 g/mol. The number of benzene rings is 2. The quantitative estimate of drug-likeness (QED) is 0.585. The predicted octanol–water partition coefficient (Wildman–Crippen LogP) is 6.43. The summed E-state index contributed by atoms with van der Waals surface area (Å²) in [6.07, 6.45) is 0. The minimum Gasteiger partial charge on any atom is -0.457 e. The summed E-state index contributed by atoms with van der Waals surface area (Å²) in [5.41, 5.74) is 1.56. The minimum absolute atomic E-state index is 0.579. The molecule has 0 amide bonds. The van der Waals surface area contributed by atoms with E-state index >= 15 is 0 Å². The third kappa shape index (κ3) is 4.19. The summed E-state index contributed by atoms with van der Waals surface area (Å²) in [6, 6.07) is 14.6. The maximum absolute atomic E-state index is 5.82. The van der Waals surface area contributed by atoms with Crippen LogP contribution >= 0.6 is 46.4 Å². The minimum atomic E-state index is -0.579. The molecule has 2 aromatic carbocycles. The fraction of sp³-hybridized carbons (Fsp3) is 0.143. The summed E-state index contributed by atoms with van der Waals surface area (Å²) < 4.78 is 5.73. The van der Waals surface area contributed by atoms with Gasteiger partial charge in [-0.2, -0.15) is 0 Å². The van der Waals surface area contributed by atoms with Crippen LogP contribution in [0.2, 0.25) is 0 Å². The van der Waals surface area contributed by atoms with E-state index in [0.29, 0.717) is 11.5 Å². The molecule has 0 aliphatic carbocycles. The van der Waals surface area contributed by atoms with Crippen molar-refractivity contribution < 1.29 is 4.74 Å². The first-order valence-corrected chi connectivity index (χ1v) is 7.25. The molecule has 0 atom stereocenters. The zero-order chi connectivity index (χ0) is 13.8. The summed E-state index contributed by atoms with van der Waals surface area (Å²) in [7, 11) is 0. The lowest BCUT2D eigenvalue weighted by Crippen LogP contribution is -1.88. The second-order valence-electron chi connectivity index (χ2n) is 3.85. The topological polar surface area (TPSA) is 9.23 Å². The first-order valence-electron chi connectivity index (χ1n) is 5.50. The molecule has 1 nitrogen and oxygen atoms in total. The van der Waals surface area contributed by atoms with Crippen molar-refractivity contribution in [1.29, 1.82) is 0 Å². The molecular weight excluding hydrogens is 326 g/mol. The molecule has 5 heteroatoms. The monoisotopic (exact) mass is 334 g/mol. The van der Waals surface area contributed by atoms with Gasteiger partial charge in [-0.25, -0.2) is 0 Å². The maximum Gasteiger partial charge on any atom is 0.132 e. The van der Waals surface area contributed by atoms with Crippen LogP contribution in [-0.2, 0) is 0 Å². The van der Waals surface area contributed by atoms with Crippen LogP contribution in [0.1, 0.15) is 20.8 Å². The van der Waals surface area contributed by atoms with Gasteiger partial charge in [-0.05, 0) is 35.4 Å². The van der Waals surface area contributed by atoms with E-state index in [9.17, 15) is 0 Å². The molecule has 0 N–H and O–H groups in total. The molecule has 0 saturated carbocycles. The van der Waals surface area contributed by atoms with Crippen LogP contribution in [0, 0.1) is 0 Å². The van der Waals surface area contributed by atoms with Gasteiger partial charge in [-0.3, -0.25) is 0 Å². The second-order valence-corrected chi connectivity index (χ2v) is 6.04. The highest BCUT2D eigenvalue weighted by Crippen LogP contribution is 2.32. The molecule has 0 aliphatic heterocycles. The van der Waals surface area contributed by atoms with Crippen molar-refractivity contribution >= 4 is 46.4 Å². The van der Waals surface area contributed by atoms with Crippen LogP contribution in [0.15, 0.2) is 48.5 Å². The summed E-state index contributed by atoms with van der Waals surface area (Å²) in [5, 5.41) is 0. The molecule has 0 aromatic heterocycles. The molecule has 0 fully saturated rings. The van der Waals surface area contributed by atoms with Gasteiger partial charge in [-0.15, -0.1) is 46.4 Å². The van der Waals surface area contributed by atoms with Gasteiger partial charge in [-0.1, -0.05) is 24.3 Å². The number of hydrogen-bond acceptors (Lipinski definition) is 1. The van der Waals surface area contributed by atoms with Crippen LogP contribution < -0.4 is 4.74 Å². The van der Waals surface area contributed by atoms with E-state index in [1.54, 1.807) is 12.1 Å². The number of alkyl halides is 4. The maximum atomic E-state index is 5.82. The van der Waals surface area contributed by atoms with Crippen molar-refractivity contribution in [2.45, 2.75) is 9.67 Å². The molecule has 0 radical (unpaired) electrons. The Kier molecular flexibility index (Phi) is 5.23. The van der Waals surface area contributed by atoms with Gasteiger partial charge in [0.25, 0.3) is 0 Å². The predicted molar refractivity (Wildman–Crippen MR) is 81.9 cm³/mol. The van der Waals surface area contributed by atoms with Gasteiger partial charge in [0, 0.05) is 0 Å². The lowest BCUT2D eigenvalue weighted by Gasteiger charge is -2.09. The first-order chi connectivity index (χ1) is 9.06. The number of ether oxygens (including phenoxy) is 1. The SMILES string of the molecule is ClC(Cl)c1cccc(Oc2cccc(C(Cl)Cl)c2)c1. The highest BCUT2D eigenvalue weighted by atomic mass is 35.5. The highest BCUT2D eigenvalue weighted by molar-refractivity contribution is 6.44. The van der Waals surface area contributed by atoms with E-state index < -0.39 is 9.67 Å². The Labute approximate surface area is 132 Å². The van der Waals surface area contributed by atoms with Crippen LogP contribution in [0.4, 0.5) is 0 Å². The lowest BCUT2D eigenvalue weighted by molar-refractivity contribution is 0.481. The number of rotatable bonds is 4. The molecule has 0 heterocycles. The highest BCUT2D eigenvalue weighted by Gasteiger charge is 2.07. The van der Waals surface area contributed by atoms with E-state index in [0.717, 1.165) is 11.1 Å². The van der Waals surface area contributed by atoms with E-state index in [1.807, 2.05) is 36.4 Å². The normalized spacial score (nSPS) is 11.1. The van der Waals surface area contributed by atoms with E-state index in [2.05, 4.69) is 0 Å². The van der Waals surface area contributed by atoms with E-state index in [-0.39, 0.29) is 0 Å². The van der Waals surface area contributed by atoms with Gasteiger partial charge < -0.3 is 4.74 Å². The van der Waals surface area contributed by atoms with Crippen molar-refractivity contribution in [3.05, 3.63) is 59.7 Å².